The summed E-state index contributed by atoms with van der Waals surface area (Å²) in [7, 11) is 0. The fraction of sp³-hybridized carbons (Fsp3) is 0.647. The average molecular weight is 261 g/mol. The monoisotopic (exact) mass is 261 g/mol. The Morgan fingerprint density at radius 3 is 2.68 bits per heavy atom. The third kappa shape index (κ3) is 4.54. The Kier molecular flexibility index (Phi) is 4.87. The number of hydrogen-bond donors (Lipinski definition) is 1. The molecule has 0 aliphatic heterocycles. The smallest absolute Gasteiger partial charge is 0.120 e. The van der Waals surface area contributed by atoms with Crippen molar-refractivity contribution in [1.29, 1.82) is 0 Å². The second-order valence-electron chi connectivity index (χ2n) is 6.44. The lowest BCUT2D eigenvalue weighted by atomic mass is 9.89. The zero-order valence-electron chi connectivity index (χ0n) is 12.5. The topological polar surface area (TPSA) is 21.3 Å². The first kappa shape index (κ1) is 14.4. The Balaban J connectivity index is 1.82. The van der Waals surface area contributed by atoms with Crippen LogP contribution in [0.2, 0.25) is 0 Å². The zero-order chi connectivity index (χ0) is 13.7. The Hall–Kier alpha value is -1.02. The summed E-state index contributed by atoms with van der Waals surface area (Å²) in [4.78, 5) is 0. The molecule has 0 aromatic heterocycles. The van der Waals surface area contributed by atoms with Crippen LogP contribution in [0, 0.1) is 5.41 Å². The molecule has 2 heteroatoms. The van der Waals surface area contributed by atoms with Crippen LogP contribution in [-0.4, -0.2) is 12.6 Å². The van der Waals surface area contributed by atoms with Crippen molar-refractivity contribution in [3.05, 3.63) is 29.8 Å². The van der Waals surface area contributed by atoms with E-state index in [2.05, 4.69) is 44.3 Å². The Morgan fingerprint density at radius 1 is 1.26 bits per heavy atom. The van der Waals surface area contributed by atoms with Crippen LogP contribution in [0.4, 0.5) is 0 Å². The molecule has 1 aliphatic carbocycles. The lowest BCUT2D eigenvalue weighted by Crippen LogP contribution is -2.29. The minimum atomic E-state index is 0.237. The van der Waals surface area contributed by atoms with Gasteiger partial charge in [-0.25, -0.2) is 0 Å². The van der Waals surface area contributed by atoms with Gasteiger partial charge in [0.1, 0.15) is 5.75 Å². The van der Waals surface area contributed by atoms with E-state index in [1.165, 1.54) is 31.2 Å². The number of benzene rings is 1. The molecule has 106 valence electrons. The molecule has 1 N–H and O–H groups in total. The predicted octanol–water partition coefficient (Wildman–Crippen LogP) is 4.14. The van der Waals surface area contributed by atoms with Crippen LogP contribution in [-0.2, 0) is 6.54 Å². The lowest BCUT2D eigenvalue weighted by Gasteiger charge is -2.23. The van der Waals surface area contributed by atoms with Crippen molar-refractivity contribution in [2.75, 3.05) is 6.54 Å². The molecule has 0 radical (unpaired) electrons. The van der Waals surface area contributed by atoms with Gasteiger partial charge in [-0.1, -0.05) is 31.9 Å². The summed E-state index contributed by atoms with van der Waals surface area (Å²) in [5.74, 6) is 0.973. The SMILES string of the molecule is CC(C)Oc1cccc(CNCC2(C)CCCC2)c1. The minimum absolute atomic E-state index is 0.237. The van der Waals surface area contributed by atoms with E-state index in [0.29, 0.717) is 5.41 Å². The molecule has 2 nitrogen and oxygen atoms in total. The Bertz CT molecular complexity index is 394. The molecule has 0 bridgehead atoms. The molecule has 0 spiro atoms. The molecule has 0 atom stereocenters. The summed E-state index contributed by atoms with van der Waals surface area (Å²) in [6.07, 6.45) is 5.78. The number of rotatable bonds is 6. The summed E-state index contributed by atoms with van der Waals surface area (Å²) in [5, 5.41) is 3.61. The molecule has 1 aliphatic rings. The average Bonchev–Trinajstić information content (AvgIpc) is 2.76. The third-order valence-corrected chi connectivity index (χ3v) is 3.96. The van der Waals surface area contributed by atoms with Gasteiger partial charge in [-0.2, -0.15) is 0 Å². The first-order valence-electron chi connectivity index (χ1n) is 7.54. The number of ether oxygens (including phenoxy) is 1. The highest BCUT2D eigenvalue weighted by atomic mass is 16.5. The fourth-order valence-corrected chi connectivity index (χ4v) is 2.91. The second kappa shape index (κ2) is 6.42. The van der Waals surface area contributed by atoms with Crippen LogP contribution < -0.4 is 10.1 Å². The van der Waals surface area contributed by atoms with Crippen molar-refractivity contribution in [3.63, 3.8) is 0 Å². The highest BCUT2D eigenvalue weighted by molar-refractivity contribution is 5.28. The summed E-state index contributed by atoms with van der Waals surface area (Å²) in [6.45, 7) is 8.59. The number of hydrogen-bond acceptors (Lipinski definition) is 2. The van der Waals surface area contributed by atoms with Crippen LogP contribution in [0.25, 0.3) is 0 Å². The standard InChI is InChI=1S/C17H27NO/c1-14(2)19-16-8-6-7-15(11-16)12-18-13-17(3)9-4-5-10-17/h6-8,11,14,18H,4-5,9-10,12-13H2,1-3H3. The highest BCUT2D eigenvalue weighted by Gasteiger charge is 2.27. The molecule has 1 aromatic carbocycles. The molecule has 0 unspecified atom stereocenters. The number of nitrogens with one attached hydrogen (secondary N) is 1. The molecular formula is C17H27NO. The minimum Gasteiger partial charge on any atom is -0.491 e. The van der Waals surface area contributed by atoms with Crippen molar-refractivity contribution in [3.8, 4) is 5.75 Å². The molecule has 1 fully saturated rings. The van der Waals surface area contributed by atoms with Gasteiger partial charge in [0, 0.05) is 13.1 Å². The molecule has 0 heterocycles. The summed E-state index contributed by atoms with van der Waals surface area (Å²) >= 11 is 0. The molecule has 2 rings (SSSR count). The van der Waals surface area contributed by atoms with Gasteiger partial charge in [0.15, 0.2) is 0 Å². The molecule has 1 saturated carbocycles. The van der Waals surface area contributed by atoms with Gasteiger partial charge in [-0.3, -0.25) is 0 Å². The van der Waals surface area contributed by atoms with Crippen molar-refractivity contribution in [2.24, 2.45) is 5.41 Å². The van der Waals surface area contributed by atoms with Gasteiger partial charge < -0.3 is 10.1 Å². The van der Waals surface area contributed by atoms with Gasteiger partial charge in [0.2, 0.25) is 0 Å². The maximum atomic E-state index is 5.73. The molecule has 0 amide bonds. The van der Waals surface area contributed by atoms with Crippen molar-refractivity contribution in [2.45, 2.75) is 59.1 Å². The summed E-state index contributed by atoms with van der Waals surface area (Å²) in [6, 6.07) is 8.41. The first-order chi connectivity index (χ1) is 9.07. The van der Waals surface area contributed by atoms with Crippen LogP contribution in [0.15, 0.2) is 24.3 Å². The Morgan fingerprint density at radius 2 is 2.00 bits per heavy atom. The van der Waals surface area contributed by atoms with Crippen molar-refractivity contribution in [1.82, 2.24) is 5.32 Å². The largest absolute Gasteiger partial charge is 0.491 e. The lowest BCUT2D eigenvalue weighted by molar-refractivity contribution is 0.242. The maximum absolute atomic E-state index is 5.73. The van der Waals surface area contributed by atoms with Crippen molar-refractivity contribution >= 4 is 0 Å². The van der Waals surface area contributed by atoms with E-state index >= 15 is 0 Å². The van der Waals surface area contributed by atoms with Crippen molar-refractivity contribution < 1.29 is 4.74 Å². The van der Waals surface area contributed by atoms with Gasteiger partial charge in [0.25, 0.3) is 0 Å². The fourth-order valence-electron chi connectivity index (χ4n) is 2.91. The van der Waals surface area contributed by atoms with E-state index in [4.69, 9.17) is 4.74 Å². The maximum Gasteiger partial charge on any atom is 0.120 e. The second-order valence-corrected chi connectivity index (χ2v) is 6.44. The molecule has 1 aromatic rings. The summed E-state index contributed by atoms with van der Waals surface area (Å²) in [5.41, 5.74) is 1.83. The molecule has 0 saturated heterocycles. The van der Waals surface area contributed by atoms with Crippen LogP contribution >= 0.6 is 0 Å². The van der Waals surface area contributed by atoms with E-state index < -0.39 is 0 Å². The third-order valence-electron chi connectivity index (χ3n) is 3.96. The van der Waals surface area contributed by atoms with Gasteiger partial charge >= 0.3 is 0 Å². The van der Waals surface area contributed by atoms with E-state index in [-0.39, 0.29) is 6.10 Å². The van der Waals surface area contributed by atoms with E-state index in [1.807, 2.05) is 6.07 Å². The van der Waals surface area contributed by atoms with Gasteiger partial charge in [-0.15, -0.1) is 0 Å². The van der Waals surface area contributed by atoms with E-state index in [9.17, 15) is 0 Å². The zero-order valence-corrected chi connectivity index (χ0v) is 12.5. The Labute approximate surface area is 117 Å². The van der Waals surface area contributed by atoms with Gasteiger partial charge in [-0.05, 0) is 49.8 Å². The van der Waals surface area contributed by atoms with Crippen LogP contribution in [0.3, 0.4) is 0 Å². The first-order valence-corrected chi connectivity index (χ1v) is 7.54. The van der Waals surface area contributed by atoms with Gasteiger partial charge in [0.05, 0.1) is 6.10 Å². The van der Waals surface area contributed by atoms with E-state index in [0.717, 1.165) is 18.8 Å². The molecular weight excluding hydrogens is 234 g/mol. The van der Waals surface area contributed by atoms with E-state index in [1.54, 1.807) is 0 Å². The quantitative estimate of drug-likeness (QED) is 0.831. The van der Waals surface area contributed by atoms with Crippen LogP contribution in [0.5, 0.6) is 5.75 Å². The normalized spacial score (nSPS) is 17.9. The summed E-state index contributed by atoms with van der Waals surface area (Å²) < 4.78 is 5.73. The predicted molar refractivity (Wildman–Crippen MR) is 80.5 cm³/mol. The highest BCUT2D eigenvalue weighted by Crippen LogP contribution is 2.36. The van der Waals surface area contributed by atoms with Crippen LogP contribution in [0.1, 0.15) is 52.0 Å². The molecule has 19 heavy (non-hydrogen) atoms.